The minimum atomic E-state index is -2.84. The number of amides is 1. The molecule has 0 aliphatic carbocycles. The molecular weight excluding hydrogens is 493 g/mol. The summed E-state index contributed by atoms with van der Waals surface area (Å²) in [5.41, 5.74) is 0.783. The Kier molecular flexibility index (Phi) is 12.6. The van der Waals surface area contributed by atoms with E-state index in [1.54, 1.807) is 12.1 Å². The summed E-state index contributed by atoms with van der Waals surface area (Å²) in [4.78, 5) is 18.5. The smallest absolute Gasteiger partial charge is 0.387 e. The fourth-order valence-corrected chi connectivity index (χ4v) is 3.08. The minimum Gasteiger partial charge on any atom is -0.435 e. The molecule has 0 spiro atoms. The Morgan fingerprint density at radius 2 is 2.10 bits per heavy atom. The van der Waals surface area contributed by atoms with Gasteiger partial charge < -0.3 is 20.3 Å². The molecule has 1 aromatic carbocycles. The molecule has 1 aliphatic rings. The van der Waals surface area contributed by atoms with Gasteiger partial charge >= 0.3 is 6.61 Å². The zero-order chi connectivity index (χ0) is 20.2. The lowest BCUT2D eigenvalue weighted by atomic mass is 10.2. The van der Waals surface area contributed by atoms with E-state index in [9.17, 15) is 13.6 Å². The molecule has 0 aromatic heterocycles. The van der Waals surface area contributed by atoms with Gasteiger partial charge in [0.05, 0.1) is 6.54 Å². The fourth-order valence-electron chi connectivity index (χ4n) is 3.08. The molecule has 164 valence electrons. The zero-order valence-electron chi connectivity index (χ0n) is 16.8. The van der Waals surface area contributed by atoms with E-state index in [0.29, 0.717) is 32.0 Å². The zero-order valence-corrected chi connectivity index (χ0v) is 19.2. The van der Waals surface area contributed by atoms with Crippen LogP contribution in [0.25, 0.3) is 0 Å². The quantitative estimate of drug-likeness (QED) is 0.224. The van der Waals surface area contributed by atoms with Gasteiger partial charge in [-0.1, -0.05) is 18.6 Å². The summed E-state index contributed by atoms with van der Waals surface area (Å²) in [5.74, 6) is 1.04. The number of carbonyl (C=O) groups is 1. The van der Waals surface area contributed by atoms with Gasteiger partial charge in [-0.3, -0.25) is 4.79 Å². The predicted octanol–water partition coefficient (Wildman–Crippen LogP) is 3.75. The monoisotopic (exact) mass is 524 g/mol. The highest BCUT2D eigenvalue weighted by molar-refractivity contribution is 14.0. The Morgan fingerprint density at radius 1 is 1.28 bits per heavy atom. The van der Waals surface area contributed by atoms with Crippen LogP contribution in [-0.2, 0) is 11.3 Å². The molecule has 2 N–H and O–H groups in total. The first-order valence-electron chi connectivity index (χ1n) is 9.92. The third-order valence-electron chi connectivity index (χ3n) is 4.46. The van der Waals surface area contributed by atoms with E-state index in [-0.39, 0.29) is 35.6 Å². The van der Waals surface area contributed by atoms with Gasteiger partial charge in [-0.25, -0.2) is 4.99 Å². The van der Waals surface area contributed by atoms with Crippen molar-refractivity contribution in [3.8, 4) is 5.75 Å². The van der Waals surface area contributed by atoms with E-state index >= 15 is 0 Å². The van der Waals surface area contributed by atoms with E-state index in [1.165, 1.54) is 6.07 Å². The summed E-state index contributed by atoms with van der Waals surface area (Å²) in [6, 6.07) is 6.54. The van der Waals surface area contributed by atoms with Crippen molar-refractivity contribution in [2.75, 3.05) is 26.2 Å². The molecule has 2 rings (SSSR count). The minimum absolute atomic E-state index is 0. The van der Waals surface area contributed by atoms with Gasteiger partial charge in [0.25, 0.3) is 0 Å². The number of ether oxygens (including phenoxy) is 1. The second-order valence-electron chi connectivity index (χ2n) is 6.69. The van der Waals surface area contributed by atoms with Gasteiger partial charge in [0.15, 0.2) is 5.96 Å². The van der Waals surface area contributed by atoms with Crippen molar-refractivity contribution < 1.29 is 18.3 Å². The van der Waals surface area contributed by atoms with Crippen molar-refractivity contribution in [3.05, 3.63) is 29.8 Å². The van der Waals surface area contributed by atoms with Crippen molar-refractivity contribution in [3.63, 3.8) is 0 Å². The molecule has 1 aliphatic heterocycles. The number of benzene rings is 1. The molecule has 1 saturated heterocycles. The summed E-state index contributed by atoms with van der Waals surface area (Å²) in [6.45, 7) is 2.50. The van der Waals surface area contributed by atoms with Gasteiger partial charge in [0.2, 0.25) is 5.91 Å². The van der Waals surface area contributed by atoms with E-state index in [4.69, 9.17) is 0 Å². The molecule has 29 heavy (non-hydrogen) atoms. The highest BCUT2D eigenvalue weighted by atomic mass is 127. The standard InChI is InChI=1S/C20H30F2N4O2.HI/c1-2-23-20(24-11-7-13-26-12-5-3-4-10-18(26)27)25-15-16-8-6-9-17(14-16)28-19(21)22;/h6,8-9,14,19H,2-5,7,10-13,15H2,1H3,(H2,23,24,25);1H. The summed E-state index contributed by atoms with van der Waals surface area (Å²) in [6.07, 6.45) is 4.70. The number of guanidine groups is 1. The Balaban J connectivity index is 0.00000420. The van der Waals surface area contributed by atoms with Crippen LogP contribution >= 0.6 is 24.0 Å². The number of likely N-dealkylation sites (tertiary alicyclic amines) is 1. The second-order valence-corrected chi connectivity index (χ2v) is 6.69. The maximum atomic E-state index is 12.3. The van der Waals surface area contributed by atoms with Crippen molar-refractivity contribution in [1.29, 1.82) is 0 Å². The molecule has 1 heterocycles. The summed E-state index contributed by atoms with van der Waals surface area (Å²) in [5, 5.41) is 6.42. The van der Waals surface area contributed by atoms with Crippen LogP contribution in [0.2, 0.25) is 0 Å². The van der Waals surface area contributed by atoms with Crippen LogP contribution in [0.4, 0.5) is 8.78 Å². The lowest BCUT2D eigenvalue weighted by Gasteiger charge is -2.20. The van der Waals surface area contributed by atoms with Gasteiger partial charge in [-0.05, 0) is 43.9 Å². The maximum absolute atomic E-state index is 12.3. The number of aliphatic imine (C=N–C) groups is 1. The molecule has 6 nitrogen and oxygen atoms in total. The molecule has 1 fully saturated rings. The Hall–Kier alpha value is -1.65. The molecule has 0 bridgehead atoms. The molecule has 1 amide bonds. The average molecular weight is 524 g/mol. The Labute approximate surface area is 188 Å². The number of rotatable bonds is 9. The van der Waals surface area contributed by atoms with E-state index in [2.05, 4.69) is 20.4 Å². The summed E-state index contributed by atoms with van der Waals surface area (Å²) >= 11 is 0. The molecule has 0 unspecified atom stereocenters. The van der Waals surface area contributed by atoms with Crippen LogP contribution in [0.3, 0.4) is 0 Å². The number of nitrogens with one attached hydrogen (secondary N) is 2. The molecule has 9 heteroatoms. The Bertz CT molecular complexity index is 647. The topological polar surface area (TPSA) is 66.0 Å². The molecule has 0 atom stereocenters. The van der Waals surface area contributed by atoms with Crippen LogP contribution in [0.5, 0.6) is 5.75 Å². The predicted molar refractivity (Wildman–Crippen MR) is 121 cm³/mol. The van der Waals surface area contributed by atoms with E-state index in [1.807, 2.05) is 17.9 Å². The van der Waals surface area contributed by atoms with Crippen molar-refractivity contribution in [2.45, 2.75) is 52.2 Å². The first kappa shape index (κ1) is 25.4. The first-order chi connectivity index (χ1) is 13.6. The van der Waals surface area contributed by atoms with Crippen LogP contribution in [0.1, 0.15) is 44.6 Å². The summed E-state index contributed by atoms with van der Waals surface area (Å²) in [7, 11) is 0. The highest BCUT2D eigenvalue weighted by Crippen LogP contribution is 2.16. The Morgan fingerprint density at radius 3 is 2.86 bits per heavy atom. The van der Waals surface area contributed by atoms with Gasteiger partial charge in [-0.2, -0.15) is 8.78 Å². The number of alkyl halides is 2. The van der Waals surface area contributed by atoms with Gasteiger partial charge in [-0.15, -0.1) is 24.0 Å². The van der Waals surface area contributed by atoms with Gasteiger partial charge in [0, 0.05) is 32.6 Å². The largest absolute Gasteiger partial charge is 0.435 e. The lowest BCUT2D eigenvalue weighted by molar-refractivity contribution is -0.130. The molecular formula is C20H31F2IN4O2. The van der Waals surface area contributed by atoms with Crippen molar-refractivity contribution in [2.24, 2.45) is 4.99 Å². The molecule has 0 saturated carbocycles. The van der Waals surface area contributed by atoms with E-state index < -0.39 is 6.61 Å². The first-order valence-corrected chi connectivity index (χ1v) is 9.92. The number of carbonyl (C=O) groups excluding carboxylic acids is 1. The second kappa shape index (κ2) is 14.4. The number of halogens is 3. The third kappa shape index (κ3) is 10.1. The normalized spacial score (nSPS) is 15.0. The average Bonchev–Trinajstić information content (AvgIpc) is 2.87. The van der Waals surface area contributed by atoms with E-state index in [0.717, 1.165) is 44.3 Å². The fraction of sp³-hybridized carbons (Fsp3) is 0.600. The van der Waals surface area contributed by atoms with Crippen LogP contribution < -0.4 is 15.4 Å². The number of hydrogen-bond acceptors (Lipinski definition) is 3. The lowest BCUT2D eigenvalue weighted by Crippen LogP contribution is -2.39. The van der Waals surface area contributed by atoms with Crippen LogP contribution in [0.15, 0.2) is 29.3 Å². The van der Waals surface area contributed by atoms with Crippen molar-refractivity contribution >= 4 is 35.8 Å². The number of hydrogen-bond donors (Lipinski definition) is 2. The highest BCUT2D eigenvalue weighted by Gasteiger charge is 2.15. The molecule has 0 radical (unpaired) electrons. The van der Waals surface area contributed by atoms with Crippen LogP contribution in [0, 0.1) is 0 Å². The van der Waals surface area contributed by atoms with Gasteiger partial charge in [0.1, 0.15) is 5.75 Å². The SMILES string of the molecule is CCNC(=NCc1cccc(OC(F)F)c1)NCCCN1CCCCCC1=O.I. The van der Waals surface area contributed by atoms with Crippen LogP contribution in [-0.4, -0.2) is 49.6 Å². The summed E-state index contributed by atoms with van der Waals surface area (Å²) < 4.78 is 29.1. The third-order valence-corrected chi connectivity index (χ3v) is 4.46. The number of nitrogens with zero attached hydrogens (tertiary/aromatic N) is 2. The molecule has 1 aromatic rings. The van der Waals surface area contributed by atoms with Crippen molar-refractivity contribution in [1.82, 2.24) is 15.5 Å². The maximum Gasteiger partial charge on any atom is 0.387 e.